The molecule has 1 unspecified atom stereocenters. The van der Waals surface area contributed by atoms with E-state index < -0.39 is 17.8 Å². The smallest absolute Gasteiger partial charge is 0.320 e. The standard InChI is InChI=1S/C10H11NO3/c1-6-3-2-4-7(5-6)8(9(11)12)10(13)14/h2-5,8H,1H3,(H2,11,12)(H,13,14). The fourth-order valence-electron chi connectivity index (χ4n) is 1.28. The summed E-state index contributed by atoms with van der Waals surface area (Å²) in [6.07, 6.45) is 0. The highest BCUT2D eigenvalue weighted by molar-refractivity contribution is 6.01. The number of benzene rings is 1. The van der Waals surface area contributed by atoms with Crippen LogP contribution in [0.4, 0.5) is 0 Å². The maximum absolute atomic E-state index is 10.9. The van der Waals surface area contributed by atoms with E-state index in [-0.39, 0.29) is 0 Å². The number of hydrogen-bond donors (Lipinski definition) is 2. The first kappa shape index (κ1) is 10.2. The number of aryl methyl sites for hydroxylation is 1. The van der Waals surface area contributed by atoms with Crippen LogP contribution in [0.25, 0.3) is 0 Å². The maximum Gasteiger partial charge on any atom is 0.320 e. The zero-order valence-electron chi connectivity index (χ0n) is 7.73. The molecule has 0 heterocycles. The lowest BCUT2D eigenvalue weighted by Crippen LogP contribution is -2.28. The summed E-state index contributed by atoms with van der Waals surface area (Å²) in [6, 6.07) is 6.74. The second-order valence-electron chi connectivity index (χ2n) is 3.09. The van der Waals surface area contributed by atoms with Gasteiger partial charge in [-0.1, -0.05) is 29.8 Å². The van der Waals surface area contributed by atoms with Crippen molar-refractivity contribution in [1.29, 1.82) is 0 Å². The molecule has 1 amide bonds. The fraction of sp³-hybridized carbons (Fsp3) is 0.200. The lowest BCUT2D eigenvalue weighted by molar-refractivity contribution is -0.142. The van der Waals surface area contributed by atoms with Crippen LogP contribution in [0.2, 0.25) is 0 Å². The van der Waals surface area contributed by atoms with Crippen molar-refractivity contribution in [3.63, 3.8) is 0 Å². The molecule has 0 aliphatic rings. The van der Waals surface area contributed by atoms with Crippen molar-refractivity contribution in [3.05, 3.63) is 35.4 Å². The summed E-state index contributed by atoms with van der Waals surface area (Å²) in [6.45, 7) is 1.82. The summed E-state index contributed by atoms with van der Waals surface area (Å²) in [4.78, 5) is 21.6. The third kappa shape index (κ3) is 2.10. The number of carboxylic acids is 1. The highest BCUT2D eigenvalue weighted by atomic mass is 16.4. The van der Waals surface area contributed by atoms with E-state index in [1.165, 1.54) is 0 Å². The van der Waals surface area contributed by atoms with Gasteiger partial charge in [-0.05, 0) is 12.5 Å². The van der Waals surface area contributed by atoms with Gasteiger partial charge in [-0.25, -0.2) is 0 Å². The van der Waals surface area contributed by atoms with E-state index in [1.54, 1.807) is 18.2 Å². The number of hydrogen-bond acceptors (Lipinski definition) is 2. The fourth-order valence-corrected chi connectivity index (χ4v) is 1.28. The molecule has 0 aromatic heterocycles. The van der Waals surface area contributed by atoms with Gasteiger partial charge in [0.2, 0.25) is 5.91 Å². The molecule has 0 fully saturated rings. The monoisotopic (exact) mass is 193 g/mol. The zero-order valence-corrected chi connectivity index (χ0v) is 7.73. The Morgan fingerprint density at radius 3 is 2.50 bits per heavy atom. The molecule has 1 atom stereocenters. The molecule has 0 saturated heterocycles. The number of carboxylic acid groups (broad SMARTS) is 1. The third-order valence-electron chi connectivity index (χ3n) is 1.91. The molecule has 0 spiro atoms. The summed E-state index contributed by atoms with van der Waals surface area (Å²) in [5.41, 5.74) is 6.32. The number of amides is 1. The molecule has 0 radical (unpaired) electrons. The molecular weight excluding hydrogens is 182 g/mol. The number of primary amides is 1. The Morgan fingerprint density at radius 1 is 1.43 bits per heavy atom. The van der Waals surface area contributed by atoms with Crippen molar-refractivity contribution >= 4 is 11.9 Å². The van der Waals surface area contributed by atoms with E-state index in [0.717, 1.165) is 5.56 Å². The van der Waals surface area contributed by atoms with Gasteiger partial charge in [0.25, 0.3) is 0 Å². The molecular formula is C10H11NO3. The molecule has 1 aromatic rings. The lowest BCUT2D eigenvalue weighted by Gasteiger charge is -2.08. The molecule has 0 aliphatic carbocycles. The molecule has 0 bridgehead atoms. The Hall–Kier alpha value is -1.84. The van der Waals surface area contributed by atoms with E-state index in [4.69, 9.17) is 10.8 Å². The Labute approximate surface area is 81.3 Å². The topological polar surface area (TPSA) is 80.4 Å². The highest BCUT2D eigenvalue weighted by Crippen LogP contribution is 2.16. The van der Waals surface area contributed by atoms with E-state index >= 15 is 0 Å². The third-order valence-corrected chi connectivity index (χ3v) is 1.91. The van der Waals surface area contributed by atoms with Crippen LogP contribution in [0.3, 0.4) is 0 Å². The second-order valence-corrected chi connectivity index (χ2v) is 3.09. The minimum atomic E-state index is -1.25. The van der Waals surface area contributed by atoms with Crippen LogP contribution in [-0.2, 0) is 9.59 Å². The first-order chi connectivity index (χ1) is 6.52. The van der Waals surface area contributed by atoms with E-state index in [1.807, 2.05) is 13.0 Å². The van der Waals surface area contributed by atoms with Gasteiger partial charge in [0.15, 0.2) is 5.92 Å². The summed E-state index contributed by atoms with van der Waals surface area (Å²) in [5, 5.41) is 8.79. The number of nitrogens with two attached hydrogens (primary N) is 1. The molecule has 1 aromatic carbocycles. The van der Waals surface area contributed by atoms with Crippen LogP contribution in [0.5, 0.6) is 0 Å². The highest BCUT2D eigenvalue weighted by Gasteiger charge is 2.25. The summed E-state index contributed by atoms with van der Waals surface area (Å²) < 4.78 is 0. The number of carbonyl (C=O) groups is 2. The number of aliphatic carboxylic acids is 1. The van der Waals surface area contributed by atoms with Crippen molar-refractivity contribution in [3.8, 4) is 0 Å². The maximum atomic E-state index is 10.9. The average molecular weight is 193 g/mol. The Balaban J connectivity index is 3.12. The molecule has 0 saturated carbocycles. The van der Waals surface area contributed by atoms with Gasteiger partial charge >= 0.3 is 5.97 Å². The lowest BCUT2D eigenvalue weighted by atomic mass is 9.97. The van der Waals surface area contributed by atoms with Gasteiger partial charge in [-0.3, -0.25) is 9.59 Å². The quantitative estimate of drug-likeness (QED) is 0.691. The van der Waals surface area contributed by atoms with Crippen LogP contribution in [-0.4, -0.2) is 17.0 Å². The summed E-state index contributed by atoms with van der Waals surface area (Å²) >= 11 is 0. The van der Waals surface area contributed by atoms with Gasteiger partial charge in [0.1, 0.15) is 0 Å². The number of rotatable bonds is 3. The SMILES string of the molecule is Cc1cccc(C(C(N)=O)C(=O)O)c1. The van der Waals surface area contributed by atoms with Crippen LogP contribution in [0.1, 0.15) is 17.0 Å². The minimum Gasteiger partial charge on any atom is -0.480 e. The Morgan fingerprint density at radius 2 is 2.07 bits per heavy atom. The molecule has 0 aliphatic heterocycles. The molecule has 4 nitrogen and oxygen atoms in total. The first-order valence-corrected chi connectivity index (χ1v) is 4.11. The van der Waals surface area contributed by atoms with Gasteiger partial charge < -0.3 is 10.8 Å². The Kier molecular flexibility index (Phi) is 2.86. The molecule has 1 rings (SSSR count). The van der Waals surface area contributed by atoms with Gasteiger partial charge in [0.05, 0.1) is 0 Å². The van der Waals surface area contributed by atoms with Crippen molar-refractivity contribution in [2.24, 2.45) is 5.73 Å². The zero-order chi connectivity index (χ0) is 10.7. The van der Waals surface area contributed by atoms with Gasteiger partial charge in [-0.2, -0.15) is 0 Å². The van der Waals surface area contributed by atoms with E-state index in [0.29, 0.717) is 5.56 Å². The largest absolute Gasteiger partial charge is 0.480 e. The van der Waals surface area contributed by atoms with Crippen molar-refractivity contribution < 1.29 is 14.7 Å². The normalized spacial score (nSPS) is 12.1. The molecule has 74 valence electrons. The van der Waals surface area contributed by atoms with Crippen molar-refractivity contribution in [1.82, 2.24) is 0 Å². The predicted molar refractivity (Wildman–Crippen MR) is 50.8 cm³/mol. The predicted octanol–water partition coefficient (Wildman–Crippen LogP) is 0.649. The van der Waals surface area contributed by atoms with Crippen LogP contribution < -0.4 is 5.73 Å². The number of carbonyl (C=O) groups excluding carboxylic acids is 1. The Bertz CT molecular complexity index is 359. The molecule has 3 N–H and O–H groups in total. The van der Waals surface area contributed by atoms with Crippen LogP contribution in [0, 0.1) is 6.92 Å². The van der Waals surface area contributed by atoms with Gasteiger partial charge in [-0.15, -0.1) is 0 Å². The molecule has 4 heteroatoms. The van der Waals surface area contributed by atoms with Crippen molar-refractivity contribution in [2.75, 3.05) is 0 Å². The van der Waals surface area contributed by atoms with E-state index in [9.17, 15) is 9.59 Å². The molecule has 14 heavy (non-hydrogen) atoms. The average Bonchev–Trinajstić information content (AvgIpc) is 2.02. The summed E-state index contributed by atoms with van der Waals surface area (Å²) in [7, 11) is 0. The minimum absolute atomic E-state index is 0.421. The van der Waals surface area contributed by atoms with Gasteiger partial charge in [0, 0.05) is 0 Å². The van der Waals surface area contributed by atoms with Crippen LogP contribution >= 0.6 is 0 Å². The van der Waals surface area contributed by atoms with Crippen molar-refractivity contribution in [2.45, 2.75) is 12.8 Å². The van der Waals surface area contributed by atoms with E-state index in [2.05, 4.69) is 0 Å². The summed E-state index contributed by atoms with van der Waals surface area (Å²) in [5.74, 6) is -3.32. The first-order valence-electron chi connectivity index (χ1n) is 4.11. The second kappa shape index (κ2) is 3.91. The van der Waals surface area contributed by atoms with Crippen LogP contribution in [0.15, 0.2) is 24.3 Å².